The van der Waals surface area contributed by atoms with E-state index in [1.807, 2.05) is 0 Å². The van der Waals surface area contributed by atoms with Crippen LogP contribution in [-0.4, -0.2) is 30.1 Å². The van der Waals surface area contributed by atoms with Gasteiger partial charge in [0.1, 0.15) is 12.1 Å². The Morgan fingerprint density at radius 1 is 1.00 bits per heavy atom. The Hall–Kier alpha value is -2.57. The molecule has 0 heterocycles. The van der Waals surface area contributed by atoms with E-state index in [2.05, 4.69) is 16.0 Å². The number of carbonyl (C=O) groups is 3. The van der Waals surface area contributed by atoms with E-state index in [0.29, 0.717) is 23.7 Å². The van der Waals surface area contributed by atoms with E-state index in [9.17, 15) is 14.4 Å². The van der Waals surface area contributed by atoms with Crippen molar-refractivity contribution in [1.29, 1.82) is 0 Å². The minimum absolute atomic E-state index is 0.0459. The lowest BCUT2D eigenvalue weighted by molar-refractivity contribution is -0.117. The Bertz CT molecular complexity index is 676. The van der Waals surface area contributed by atoms with Crippen LogP contribution in [0.2, 0.25) is 0 Å². The minimum Gasteiger partial charge on any atom is -0.444 e. The van der Waals surface area contributed by atoms with E-state index in [-0.39, 0.29) is 12.5 Å². The molecule has 1 aromatic carbocycles. The largest absolute Gasteiger partial charge is 0.444 e. The third-order valence-electron chi connectivity index (χ3n) is 4.22. The monoisotopic (exact) mass is 375 g/mol. The maximum Gasteiger partial charge on any atom is 0.408 e. The van der Waals surface area contributed by atoms with Crippen LogP contribution in [0.15, 0.2) is 24.3 Å². The first-order valence-electron chi connectivity index (χ1n) is 9.38. The van der Waals surface area contributed by atoms with Gasteiger partial charge < -0.3 is 20.7 Å². The molecule has 2 rings (SSSR count). The van der Waals surface area contributed by atoms with E-state index >= 15 is 0 Å². The first-order valence-corrected chi connectivity index (χ1v) is 9.38. The number of amides is 3. The molecule has 0 spiro atoms. The van der Waals surface area contributed by atoms with Gasteiger partial charge >= 0.3 is 6.09 Å². The second kappa shape index (κ2) is 9.39. The van der Waals surface area contributed by atoms with E-state index < -0.39 is 17.6 Å². The van der Waals surface area contributed by atoms with Gasteiger partial charge in [0.25, 0.3) is 0 Å². The highest BCUT2D eigenvalue weighted by atomic mass is 16.6. The SMILES string of the molecule is CC(C)(C)OC(=O)NCC(=O)Nc1ccccc1NC(=O)CC1CCCC1. The number of benzene rings is 1. The van der Waals surface area contributed by atoms with Crippen LogP contribution in [0.3, 0.4) is 0 Å². The number of alkyl carbamates (subject to hydrolysis) is 1. The molecule has 1 saturated carbocycles. The number of anilines is 2. The summed E-state index contributed by atoms with van der Waals surface area (Å²) in [7, 11) is 0. The Kier molecular flexibility index (Phi) is 7.21. The van der Waals surface area contributed by atoms with Gasteiger partial charge in [0, 0.05) is 6.42 Å². The van der Waals surface area contributed by atoms with Gasteiger partial charge in [-0.1, -0.05) is 25.0 Å². The molecule has 148 valence electrons. The van der Waals surface area contributed by atoms with E-state index in [0.717, 1.165) is 12.8 Å². The zero-order valence-electron chi connectivity index (χ0n) is 16.3. The van der Waals surface area contributed by atoms with Gasteiger partial charge in [0.15, 0.2) is 0 Å². The topological polar surface area (TPSA) is 96.5 Å². The Balaban J connectivity index is 1.86. The molecule has 3 N–H and O–H groups in total. The quantitative estimate of drug-likeness (QED) is 0.707. The van der Waals surface area contributed by atoms with Gasteiger partial charge in [-0.05, 0) is 51.7 Å². The maximum absolute atomic E-state index is 12.3. The van der Waals surface area contributed by atoms with Crippen molar-refractivity contribution < 1.29 is 19.1 Å². The summed E-state index contributed by atoms with van der Waals surface area (Å²) >= 11 is 0. The highest BCUT2D eigenvalue weighted by Crippen LogP contribution is 2.28. The molecule has 1 aromatic rings. The van der Waals surface area contributed by atoms with E-state index in [1.165, 1.54) is 12.8 Å². The van der Waals surface area contributed by atoms with Crippen molar-refractivity contribution in [3.63, 3.8) is 0 Å². The fourth-order valence-electron chi connectivity index (χ4n) is 3.04. The van der Waals surface area contributed by atoms with Crippen molar-refractivity contribution in [3.05, 3.63) is 24.3 Å². The Morgan fingerprint density at radius 3 is 2.11 bits per heavy atom. The number of para-hydroxylation sites is 2. The van der Waals surface area contributed by atoms with Gasteiger partial charge in [0.05, 0.1) is 11.4 Å². The molecular weight excluding hydrogens is 346 g/mol. The second-order valence-electron chi connectivity index (χ2n) is 7.85. The average molecular weight is 375 g/mol. The van der Waals surface area contributed by atoms with Crippen LogP contribution in [0.25, 0.3) is 0 Å². The molecule has 0 aromatic heterocycles. The summed E-state index contributed by atoms with van der Waals surface area (Å²) in [5, 5.41) is 7.98. The number of rotatable bonds is 6. The van der Waals surface area contributed by atoms with Crippen molar-refractivity contribution in [2.45, 2.75) is 58.5 Å². The summed E-state index contributed by atoms with van der Waals surface area (Å²) in [5.41, 5.74) is 0.413. The molecule has 0 radical (unpaired) electrons. The third kappa shape index (κ3) is 7.68. The van der Waals surface area contributed by atoms with E-state index in [4.69, 9.17) is 4.74 Å². The van der Waals surface area contributed by atoms with Crippen LogP contribution in [0.4, 0.5) is 16.2 Å². The molecule has 0 saturated heterocycles. The summed E-state index contributed by atoms with van der Waals surface area (Å²) in [6, 6.07) is 7.00. The van der Waals surface area contributed by atoms with Crippen LogP contribution in [0, 0.1) is 5.92 Å². The molecule has 3 amide bonds. The lowest BCUT2D eigenvalue weighted by atomic mass is 10.0. The lowest BCUT2D eigenvalue weighted by Crippen LogP contribution is -2.37. The first-order chi connectivity index (χ1) is 12.7. The van der Waals surface area contributed by atoms with Crippen molar-refractivity contribution in [2.24, 2.45) is 5.92 Å². The minimum atomic E-state index is -0.657. The molecule has 1 aliphatic rings. The predicted octanol–water partition coefficient (Wildman–Crippen LogP) is 3.67. The molecule has 0 aliphatic heterocycles. The van der Waals surface area contributed by atoms with Crippen LogP contribution in [-0.2, 0) is 14.3 Å². The summed E-state index contributed by atoms with van der Waals surface area (Å²) in [6.07, 6.45) is 4.42. The summed E-state index contributed by atoms with van der Waals surface area (Å²) < 4.78 is 5.09. The highest BCUT2D eigenvalue weighted by Gasteiger charge is 2.20. The van der Waals surface area contributed by atoms with Crippen LogP contribution in [0.1, 0.15) is 52.9 Å². The smallest absolute Gasteiger partial charge is 0.408 e. The van der Waals surface area contributed by atoms with Crippen molar-refractivity contribution in [3.8, 4) is 0 Å². The maximum atomic E-state index is 12.3. The van der Waals surface area contributed by atoms with Gasteiger partial charge in [-0.15, -0.1) is 0 Å². The Labute approximate surface area is 160 Å². The summed E-state index contributed by atoms with van der Waals surface area (Å²) in [4.78, 5) is 36.0. The molecule has 27 heavy (non-hydrogen) atoms. The molecule has 0 unspecified atom stereocenters. The van der Waals surface area contributed by atoms with Crippen molar-refractivity contribution >= 4 is 29.3 Å². The number of nitrogens with one attached hydrogen (secondary N) is 3. The van der Waals surface area contributed by atoms with E-state index in [1.54, 1.807) is 45.0 Å². The number of ether oxygens (including phenoxy) is 1. The van der Waals surface area contributed by atoms with Crippen LogP contribution >= 0.6 is 0 Å². The van der Waals surface area contributed by atoms with Crippen LogP contribution < -0.4 is 16.0 Å². The summed E-state index contributed by atoms with van der Waals surface area (Å²) in [5.74, 6) is -0.00129. The number of hydrogen-bond acceptors (Lipinski definition) is 4. The fourth-order valence-corrected chi connectivity index (χ4v) is 3.04. The average Bonchev–Trinajstić information content (AvgIpc) is 3.06. The standard InChI is InChI=1S/C20H29N3O4/c1-20(2,3)27-19(26)21-13-18(25)23-16-11-7-6-10-15(16)22-17(24)12-14-8-4-5-9-14/h6-7,10-11,14H,4-5,8-9,12-13H2,1-3H3,(H,21,26)(H,22,24)(H,23,25). The summed E-state index contributed by atoms with van der Waals surface area (Å²) in [6.45, 7) is 5.02. The van der Waals surface area contributed by atoms with Crippen molar-refractivity contribution in [2.75, 3.05) is 17.2 Å². The molecule has 7 nitrogen and oxygen atoms in total. The van der Waals surface area contributed by atoms with Gasteiger partial charge in [-0.3, -0.25) is 9.59 Å². The van der Waals surface area contributed by atoms with Crippen molar-refractivity contribution in [1.82, 2.24) is 5.32 Å². The number of carbonyl (C=O) groups excluding carboxylic acids is 3. The molecule has 0 atom stereocenters. The zero-order chi connectivity index (χ0) is 19.9. The van der Waals surface area contributed by atoms with Gasteiger partial charge in [-0.25, -0.2) is 4.79 Å². The Morgan fingerprint density at radius 2 is 1.56 bits per heavy atom. The molecule has 1 aliphatic carbocycles. The van der Waals surface area contributed by atoms with Crippen LogP contribution in [0.5, 0.6) is 0 Å². The second-order valence-corrected chi connectivity index (χ2v) is 7.85. The molecule has 0 bridgehead atoms. The van der Waals surface area contributed by atoms with Gasteiger partial charge in [0.2, 0.25) is 11.8 Å². The fraction of sp³-hybridized carbons (Fsp3) is 0.550. The number of hydrogen-bond donors (Lipinski definition) is 3. The normalized spacial score (nSPS) is 14.5. The third-order valence-corrected chi connectivity index (χ3v) is 4.22. The zero-order valence-corrected chi connectivity index (χ0v) is 16.3. The first kappa shape index (κ1) is 20.7. The highest BCUT2D eigenvalue weighted by molar-refractivity contribution is 6.00. The predicted molar refractivity (Wildman–Crippen MR) is 105 cm³/mol. The molecule has 1 fully saturated rings. The molecular formula is C20H29N3O4. The lowest BCUT2D eigenvalue weighted by Gasteiger charge is -2.19. The molecule has 7 heteroatoms. The van der Waals surface area contributed by atoms with Gasteiger partial charge in [-0.2, -0.15) is 0 Å².